The third kappa shape index (κ3) is 2.79. The fourth-order valence-corrected chi connectivity index (χ4v) is 2.47. The van der Waals surface area contributed by atoms with Crippen molar-refractivity contribution >= 4 is 27.5 Å². The molecule has 0 saturated carbocycles. The highest BCUT2D eigenvalue weighted by atomic mass is 32.1. The van der Waals surface area contributed by atoms with Crippen LogP contribution in [-0.2, 0) is 0 Å². The lowest BCUT2D eigenvalue weighted by Crippen LogP contribution is -2.05. The summed E-state index contributed by atoms with van der Waals surface area (Å²) >= 11 is 1.65. The number of nitrogens with one attached hydrogen (secondary N) is 1. The number of aromatic nitrogens is 2. The van der Waals surface area contributed by atoms with Crippen LogP contribution in [0.15, 0.2) is 18.7 Å². The Kier molecular flexibility index (Phi) is 4.15. The molecule has 2 heterocycles. The number of anilines is 1. The Labute approximate surface area is 111 Å². The van der Waals surface area contributed by atoms with Crippen LogP contribution in [0, 0.1) is 6.92 Å². The number of hydrogen-bond acceptors (Lipinski definition) is 5. The van der Waals surface area contributed by atoms with Crippen LogP contribution >= 0.6 is 11.3 Å². The van der Waals surface area contributed by atoms with E-state index in [-0.39, 0.29) is 0 Å². The molecule has 4 nitrogen and oxygen atoms in total. The normalized spacial score (nSPS) is 10.6. The lowest BCUT2D eigenvalue weighted by atomic mass is 10.3. The van der Waals surface area contributed by atoms with Gasteiger partial charge < -0.3 is 10.1 Å². The van der Waals surface area contributed by atoms with Gasteiger partial charge in [0.15, 0.2) is 0 Å². The summed E-state index contributed by atoms with van der Waals surface area (Å²) in [7, 11) is 0. The van der Waals surface area contributed by atoms with Crippen LogP contribution in [0.3, 0.4) is 0 Å². The minimum atomic E-state index is 0.593. The number of nitrogens with zero attached hydrogens (tertiary/aromatic N) is 2. The largest absolute Gasteiger partial charge is 0.477 e. The molecule has 0 aliphatic carbocycles. The van der Waals surface area contributed by atoms with Crippen molar-refractivity contribution < 1.29 is 4.74 Å². The average Bonchev–Trinajstić information content (AvgIpc) is 2.70. The zero-order valence-corrected chi connectivity index (χ0v) is 11.5. The first-order valence-electron chi connectivity index (χ1n) is 6.00. The van der Waals surface area contributed by atoms with Crippen LogP contribution in [0.25, 0.3) is 10.2 Å². The molecule has 5 heteroatoms. The number of rotatable bonds is 6. The summed E-state index contributed by atoms with van der Waals surface area (Å²) in [6.45, 7) is 9.15. The summed E-state index contributed by atoms with van der Waals surface area (Å²) in [5, 5.41) is 4.11. The van der Waals surface area contributed by atoms with E-state index in [1.165, 1.54) is 4.88 Å². The first kappa shape index (κ1) is 12.8. The van der Waals surface area contributed by atoms with Gasteiger partial charge in [-0.3, -0.25) is 0 Å². The minimum Gasteiger partial charge on any atom is -0.477 e. The van der Waals surface area contributed by atoms with Gasteiger partial charge in [0.1, 0.15) is 4.83 Å². The van der Waals surface area contributed by atoms with Gasteiger partial charge in [-0.1, -0.05) is 6.08 Å². The quantitative estimate of drug-likeness (QED) is 0.641. The molecule has 0 saturated heterocycles. The highest BCUT2D eigenvalue weighted by molar-refractivity contribution is 7.18. The highest BCUT2D eigenvalue weighted by Gasteiger charge is 2.11. The first-order chi connectivity index (χ1) is 8.74. The molecule has 0 aliphatic heterocycles. The molecular weight excluding hydrogens is 246 g/mol. The molecule has 1 N–H and O–H groups in total. The number of thiophene rings is 1. The summed E-state index contributed by atoms with van der Waals surface area (Å²) < 4.78 is 5.70. The molecular formula is C13H17N3OS. The standard InChI is InChI=1S/C13H17N3OS/c1-4-6-7-17-11-10-8-9(3)18-12(10)16-13(15-11)14-5-2/h4,8H,1,5-7H2,2-3H3,(H,14,15,16). The molecule has 0 radical (unpaired) electrons. The van der Waals surface area contributed by atoms with E-state index in [4.69, 9.17) is 4.74 Å². The molecule has 96 valence electrons. The van der Waals surface area contributed by atoms with E-state index in [1.54, 1.807) is 11.3 Å². The zero-order valence-electron chi connectivity index (χ0n) is 10.7. The smallest absolute Gasteiger partial charge is 0.227 e. The van der Waals surface area contributed by atoms with Crippen molar-refractivity contribution in [3.63, 3.8) is 0 Å². The van der Waals surface area contributed by atoms with E-state index in [0.29, 0.717) is 18.4 Å². The Morgan fingerprint density at radius 2 is 2.33 bits per heavy atom. The van der Waals surface area contributed by atoms with Crippen LogP contribution in [0.2, 0.25) is 0 Å². The summed E-state index contributed by atoms with van der Waals surface area (Å²) in [6, 6.07) is 2.07. The number of ether oxygens (including phenoxy) is 1. The van der Waals surface area contributed by atoms with E-state index >= 15 is 0 Å². The van der Waals surface area contributed by atoms with Gasteiger partial charge in [0.2, 0.25) is 11.8 Å². The van der Waals surface area contributed by atoms with E-state index in [0.717, 1.165) is 23.2 Å². The van der Waals surface area contributed by atoms with E-state index in [1.807, 2.05) is 13.0 Å². The number of fused-ring (bicyclic) bond motifs is 1. The van der Waals surface area contributed by atoms with Gasteiger partial charge >= 0.3 is 0 Å². The maximum absolute atomic E-state index is 5.70. The topological polar surface area (TPSA) is 47.0 Å². The van der Waals surface area contributed by atoms with Crippen molar-refractivity contribution in [2.24, 2.45) is 0 Å². The minimum absolute atomic E-state index is 0.593. The maximum Gasteiger partial charge on any atom is 0.227 e. The van der Waals surface area contributed by atoms with Crippen molar-refractivity contribution in [1.29, 1.82) is 0 Å². The van der Waals surface area contributed by atoms with Crippen LogP contribution in [-0.4, -0.2) is 23.1 Å². The van der Waals surface area contributed by atoms with Crippen LogP contribution in [0.4, 0.5) is 5.95 Å². The van der Waals surface area contributed by atoms with Crippen LogP contribution in [0.5, 0.6) is 5.88 Å². The van der Waals surface area contributed by atoms with Crippen molar-refractivity contribution in [3.05, 3.63) is 23.6 Å². The lowest BCUT2D eigenvalue weighted by molar-refractivity contribution is 0.317. The van der Waals surface area contributed by atoms with E-state index in [2.05, 4.69) is 34.9 Å². The molecule has 0 aliphatic rings. The van der Waals surface area contributed by atoms with Crippen molar-refractivity contribution in [2.75, 3.05) is 18.5 Å². The predicted octanol–water partition coefficient (Wildman–Crippen LogP) is 3.39. The third-order valence-corrected chi connectivity index (χ3v) is 3.32. The van der Waals surface area contributed by atoms with Gasteiger partial charge in [-0.15, -0.1) is 17.9 Å². The van der Waals surface area contributed by atoms with Gasteiger partial charge in [0.05, 0.1) is 12.0 Å². The van der Waals surface area contributed by atoms with Crippen molar-refractivity contribution in [3.8, 4) is 5.88 Å². The molecule has 2 aromatic rings. The van der Waals surface area contributed by atoms with Gasteiger partial charge in [0, 0.05) is 11.4 Å². The maximum atomic E-state index is 5.70. The average molecular weight is 263 g/mol. The molecule has 2 rings (SSSR count). The van der Waals surface area contributed by atoms with E-state index < -0.39 is 0 Å². The molecule has 2 aromatic heterocycles. The van der Waals surface area contributed by atoms with Gasteiger partial charge in [-0.2, -0.15) is 4.98 Å². The Balaban J connectivity index is 2.36. The molecule has 0 unspecified atom stereocenters. The Hall–Kier alpha value is -1.62. The zero-order chi connectivity index (χ0) is 13.0. The lowest BCUT2D eigenvalue weighted by Gasteiger charge is -2.07. The van der Waals surface area contributed by atoms with Crippen molar-refractivity contribution in [2.45, 2.75) is 20.3 Å². The third-order valence-electron chi connectivity index (χ3n) is 2.38. The van der Waals surface area contributed by atoms with Gasteiger partial charge in [-0.25, -0.2) is 4.98 Å². The Morgan fingerprint density at radius 3 is 3.06 bits per heavy atom. The first-order valence-corrected chi connectivity index (χ1v) is 6.82. The molecule has 0 fully saturated rings. The molecule has 0 bridgehead atoms. The Morgan fingerprint density at radius 1 is 1.50 bits per heavy atom. The molecule has 0 spiro atoms. The fourth-order valence-electron chi connectivity index (χ4n) is 1.60. The highest BCUT2D eigenvalue weighted by Crippen LogP contribution is 2.31. The SMILES string of the molecule is C=CCCOc1nc(NCC)nc2sc(C)cc12. The molecule has 18 heavy (non-hydrogen) atoms. The second-order valence-corrected chi connectivity index (χ2v) is 5.12. The fraction of sp³-hybridized carbons (Fsp3) is 0.385. The summed E-state index contributed by atoms with van der Waals surface area (Å²) in [5.74, 6) is 1.28. The molecule has 0 aromatic carbocycles. The molecule has 0 atom stereocenters. The summed E-state index contributed by atoms with van der Waals surface area (Å²) in [4.78, 5) is 11.0. The van der Waals surface area contributed by atoms with Crippen molar-refractivity contribution in [1.82, 2.24) is 9.97 Å². The number of aryl methyl sites for hydroxylation is 1. The monoisotopic (exact) mass is 263 g/mol. The number of hydrogen-bond donors (Lipinski definition) is 1. The summed E-state index contributed by atoms with van der Waals surface area (Å²) in [5.41, 5.74) is 0. The van der Waals surface area contributed by atoms with Crippen LogP contribution in [0.1, 0.15) is 18.2 Å². The van der Waals surface area contributed by atoms with Gasteiger partial charge in [-0.05, 0) is 26.3 Å². The summed E-state index contributed by atoms with van der Waals surface area (Å²) in [6.07, 6.45) is 2.65. The van der Waals surface area contributed by atoms with Gasteiger partial charge in [0.25, 0.3) is 0 Å². The molecule has 0 amide bonds. The second kappa shape index (κ2) is 5.82. The Bertz CT molecular complexity index is 550. The van der Waals surface area contributed by atoms with Crippen LogP contribution < -0.4 is 10.1 Å². The predicted molar refractivity (Wildman–Crippen MR) is 76.6 cm³/mol. The second-order valence-electron chi connectivity index (χ2n) is 3.88. The van der Waals surface area contributed by atoms with E-state index in [9.17, 15) is 0 Å².